The van der Waals surface area contributed by atoms with Gasteiger partial charge in [0.15, 0.2) is 5.11 Å². The van der Waals surface area contributed by atoms with Crippen molar-refractivity contribution in [2.45, 2.75) is 13.3 Å². The highest BCUT2D eigenvalue weighted by molar-refractivity contribution is 9.10. The fourth-order valence-electron chi connectivity index (χ4n) is 1.16. The first-order valence-corrected chi connectivity index (χ1v) is 6.28. The zero-order valence-corrected chi connectivity index (χ0v) is 11.7. The second-order valence-electron chi connectivity index (χ2n) is 3.31. The van der Waals surface area contributed by atoms with Crippen LogP contribution in [0.4, 0.5) is 0 Å². The number of benzene rings is 1. The van der Waals surface area contributed by atoms with Crippen LogP contribution in [0.15, 0.2) is 22.7 Å². The molecule has 0 aliphatic rings. The summed E-state index contributed by atoms with van der Waals surface area (Å²) in [6, 6.07) is 5.05. The van der Waals surface area contributed by atoms with Crippen LogP contribution in [0.3, 0.4) is 0 Å². The van der Waals surface area contributed by atoms with Crippen LogP contribution in [0.25, 0.3) is 0 Å². The van der Waals surface area contributed by atoms with Crippen LogP contribution in [0, 0.1) is 0 Å². The first-order chi connectivity index (χ1) is 8.04. The van der Waals surface area contributed by atoms with Crippen molar-refractivity contribution in [2.75, 3.05) is 6.61 Å². The van der Waals surface area contributed by atoms with Crippen LogP contribution in [0.5, 0.6) is 5.75 Å². The molecule has 17 heavy (non-hydrogen) atoms. The fraction of sp³-hybridized carbons (Fsp3) is 0.273. The minimum Gasteiger partial charge on any atom is -0.492 e. The van der Waals surface area contributed by atoms with Gasteiger partial charge in [-0.3, -0.25) is 10.1 Å². The van der Waals surface area contributed by atoms with E-state index in [0.29, 0.717) is 17.9 Å². The van der Waals surface area contributed by atoms with Gasteiger partial charge in [-0.2, -0.15) is 0 Å². The second-order valence-corrected chi connectivity index (χ2v) is 4.61. The number of amides is 1. The van der Waals surface area contributed by atoms with E-state index in [2.05, 4.69) is 33.5 Å². The second kappa shape index (κ2) is 6.56. The summed E-state index contributed by atoms with van der Waals surface area (Å²) in [6.45, 7) is 2.66. The van der Waals surface area contributed by atoms with E-state index in [1.54, 1.807) is 18.2 Å². The minimum atomic E-state index is -0.333. The summed E-state index contributed by atoms with van der Waals surface area (Å²) >= 11 is 7.94. The third-order valence-corrected chi connectivity index (χ3v) is 2.61. The van der Waals surface area contributed by atoms with E-state index in [1.165, 1.54) is 0 Å². The predicted molar refractivity (Wildman–Crippen MR) is 74.2 cm³/mol. The summed E-state index contributed by atoms with van der Waals surface area (Å²) in [5.41, 5.74) is 5.69. The summed E-state index contributed by atoms with van der Waals surface area (Å²) in [4.78, 5) is 11.6. The summed E-state index contributed by atoms with van der Waals surface area (Å²) in [7, 11) is 0. The first-order valence-electron chi connectivity index (χ1n) is 5.07. The highest BCUT2D eigenvalue weighted by Gasteiger charge is 2.09. The molecule has 0 aliphatic carbocycles. The third-order valence-electron chi connectivity index (χ3n) is 1.89. The standard InChI is InChI=1S/C11H13BrN2O2S/c1-2-5-16-9-4-3-7(6-8(9)12)10(15)14-11(13)17/h3-4,6H,2,5H2,1H3,(H3,13,14,15,17). The maximum atomic E-state index is 11.6. The highest BCUT2D eigenvalue weighted by Crippen LogP contribution is 2.26. The molecule has 1 amide bonds. The van der Waals surface area contributed by atoms with Gasteiger partial charge < -0.3 is 10.5 Å². The van der Waals surface area contributed by atoms with Crippen LogP contribution < -0.4 is 15.8 Å². The number of halogens is 1. The first kappa shape index (κ1) is 13.9. The minimum absolute atomic E-state index is 0.0440. The molecule has 1 aromatic carbocycles. The van der Waals surface area contributed by atoms with Gasteiger partial charge in [0.2, 0.25) is 0 Å². The molecule has 0 radical (unpaired) electrons. The van der Waals surface area contributed by atoms with Gasteiger partial charge in [-0.1, -0.05) is 6.92 Å². The number of thiocarbonyl (C=S) groups is 1. The van der Waals surface area contributed by atoms with Gasteiger partial charge in [0.25, 0.3) is 5.91 Å². The number of carbonyl (C=O) groups is 1. The Labute approximate surface area is 114 Å². The van der Waals surface area contributed by atoms with Gasteiger partial charge in [0.05, 0.1) is 11.1 Å². The third kappa shape index (κ3) is 4.32. The lowest BCUT2D eigenvalue weighted by Gasteiger charge is -2.08. The molecule has 92 valence electrons. The predicted octanol–water partition coefficient (Wildman–Crippen LogP) is 2.21. The van der Waals surface area contributed by atoms with E-state index in [1.807, 2.05) is 6.92 Å². The Bertz CT molecular complexity index is 437. The molecule has 0 unspecified atom stereocenters. The number of hydrogen-bond acceptors (Lipinski definition) is 3. The summed E-state index contributed by atoms with van der Waals surface area (Å²) in [5.74, 6) is 0.374. The van der Waals surface area contributed by atoms with Crippen LogP contribution in [-0.2, 0) is 0 Å². The molecule has 3 N–H and O–H groups in total. The van der Waals surface area contributed by atoms with Crippen molar-refractivity contribution in [1.82, 2.24) is 5.32 Å². The van der Waals surface area contributed by atoms with E-state index in [4.69, 9.17) is 10.5 Å². The number of rotatable bonds is 4. The Balaban J connectivity index is 2.81. The molecule has 0 fully saturated rings. The topological polar surface area (TPSA) is 64.3 Å². The highest BCUT2D eigenvalue weighted by atomic mass is 79.9. The zero-order valence-electron chi connectivity index (χ0n) is 9.33. The van der Waals surface area contributed by atoms with Gasteiger partial charge in [0.1, 0.15) is 5.75 Å². The lowest BCUT2D eigenvalue weighted by molar-refractivity contribution is 0.0977. The Hall–Kier alpha value is -1.14. The van der Waals surface area contributed by atoms with Crippen molar-refractivity contribution in [3.63, 3.8) is 0 Å². The molecule has 1 rings (SSSR count). The van der Waals surface area contributed by atoms with Crippen molar-refractivity contribution < 1.29 is 9.53 Å². The largest absolute Gasteiger partial charge is 0.492 e. The molecule has 0 spiro atoms. The van der Waals surface area contributed by atoms with E-state index >= 15 is 0 Å². The molecule has 4 nitrogen and oxygen atoms in total. The smallest absolute Gasteiger partial charge is 0.257 e. The average molecular weight is 317 g/mol. The van der Waals surface area contributed by atoms with E-state index in [9.17, 15) is 4.79 Å². The van der Waals surface area contributed by atoms with Gasteiger partial charge >= 0.3 is 0 Å². The number of hydrogen-bond donors (Lipinski definition) is 2. The lowest BCUT2D eigenvalue weighted by Crippen LogP contribution is -2.34. The summed E-state index contributed by atoms with van der Waals surface area (Å²) < 4.78 is 6.20. The Morgan fingerprint density at radius 3 is 2.82 bits per heavy atom. The zero-order chi connectivity index (χ0) is 12.8. The molecule has 0 heterocycles. The van der Waals surface area contributed by atoms with Gasteiger partial charge in [-0.25, -0.2) is 0 Å². The van der Waals surface area contributed by atoms with Crippen molar-refractivity contribution in [2.24, 2.45) is 5.73 Å². The van der Waals surface area contributed by atoms with Crippen LogP contribution in [-0.4, -0.2) is 17.6 Å². The molecule has 0 aliphatic heterocycles. The Morgan fingerprint density at radius 1 is 1.59 bits per heavy atom. The molecule has 0 aromatic heterocycles. The monoisotopic (exact) mass is 316 g/mol. The quantitative estimate of drug-likeness (QED) is 0.836. The summed E-state index contributed by atoms with van der Waals surface area (Å²) in [6.07, 6.45) is 0.927. The molecular formula is C11H13BrN2O2S. The number of carbonyl (C=O) groups excluding carboxylic acids is 1. The van der Waals surface area contributed by atoms with Gasteiger partial charge in [-0.05, 0) is 52.8 Å². The van der Waals surface area contributed by atoms with E-state index in [-0.39, 0.29) is 11.0 Å². The summed E-state index contributed by atoms with van der Waals surface area (Å²) in [5, 5.41) is 2.31. The Kier molecular flexibility index (Phi) is 5.37. The van der Waals surface area contributed by atoms with Crippen molar-refractivity contribution in [1.29, 1.82) is 0 Å². The van der Waals surface area contributed by atoms with Gasteiger partial charge in [0, 0.05) is 5.56 Å². The molecule has 0 bridgehead atoms. The van der Waals surface area contributed by atoms with Crippen LogP contribution >= 0.6 is 28.1 Å². The van der Waals surface area contributed by atoms with Crippen molar-refractivity contribution >= 4 is 39.2 Å². The molecule has 6 heteroatoms. The van der Waals surface area contributed by atoms with Gasteiger partial charge in [-0.15, -0.1) is 0 Å². The van der Waals surface area contributed by atoms with Crippen LogP contribution in [0.2, 0.25) is 0 Å². The number of ether oxygens (including phenoxy) is 1. The molecular weight excluding hydrogens is 304 g/mol. The van der Waals surface area contributed by atoms with E-state index in [0.717, 1.165) is 10.9 Å². The molecule has 0 saturated carbocycles. The normalized spacial score (nSPS) is 9.76. The average Bonchev–Trinajstić information content (AvgIpc) is 2.26. The maximum absolute atomic E-state index is 11.6. The molecule has 0 atom stereocenters. The number of nitrogens with one attached hydrogen (secondary N) is 1. The van der Waals surface area contributed by atoms with Crippen molar-refractivity contribution in [3.8, 4) is 5.75 Å². The number of nitrogens with two attached hydrogens (primary N) is 1. The van der Waals surface area contributed by atoms with Crippen molar-refractivity contribution in [3.05, 3.63) is 28.2 Å². The van der Waals surface area contributed by atoms with E-state index < -0.39 is 0 Å². The van der Waals surface area contributed by atoms with Crippen LogP contribution in [0.1, 0.15) is 23.7 Å². The molecule has 0 saturated heterocycles. The fourth-order valence-corrected chi connectivity index (χ4v) is 1.74. The SMILES string of the molecule is CCCOc1ccc(C(=O)NC(N)=S)cc1Br. The maximum Gasteiger partial charge on any atom is 0.257 e. The molecule has 1 aromatic rings. The Morgan fingerprint density at radius 2 is 2.29 bits per heavy atom. The lowest BCUT2D eigenvalue weighted by atomic mass is 10.2.